The van der Waals surface area contributed by atoms with Crippen molar-refractivity contribution in [2.24, 2.45) is 0 Å². The van der Waals surface area contributed by atoms with Gasteiger partial charge in [0, 0.05) is 36.1 Å². The molecule has 0 spiro atoms. The molecule has 0 saturated carbocycles. The number of fused-ring (bicyclic) bond motifs is 5. The predicted octanol–water partition coefficient (Wildman–Crippen LogP) is 5.94. The molecule has 8 nitrogen and oxygen atoms in total. The summed E-state index contributed by atoms with van der Waals surface area (Å²) in [6.07, 6.45) is 6.87. The van der Waals surface area contributed by atoms with Crippen LogP contribution in [0.2, 0.25) is 10.0 Å². The lowest BCUT2D eigenvalue weighted by Gasteiger charge is -2.34. The number of nitrogens with one attached hydrogen (secondary N) is 1. The number of benzene rings is 2. The molecule has 11 heteroatoms. The minimum absolute atomic E-state index is 0.00114. The van der Waals surface area contributed by atoms with Crippen molar-refractivity contribution in [1.82, 2.24) is 25.2 Å². The smallest absolute Gasteiger partial charge is 0.320 e. The first-order valence-electron chi connectivity index (χ1n) is 14.8. The van der Waals surface area contributed by atoms with Gasteiger partial charge in [0.1, 0.15) is 24.0 Å². The monoisotopic (exact) mass is 608 g/mol. The van der Waals surface area contributed by atoms with Crippen molar-refractivity contribution in [2.75, 3.05) is 37.7 Å². The van der Waals surface area contributed by atoms with Crippen LogP contribution in [-0.4, -0.2) is 75.4 Å². The molecule has 2 aromatic heterocycles. The van der Waals surface area contributed by atoms with Gasteiger partial charge in [-0.2, -0.15) is 9.97 Å². The summed E-state index contributed by atoms with van der Waals surface area (Å²) in [5.74, 6) is 0.194. The molecule has 0 radical (unpaired) electrons. The maximum Gasteiger partial charge on any atom is 0.320 e. The normalized spacial score (nSPS) is 23.3. The van der Waals surface area contributed by atoms with Gasteiger partial charge >= 0.3 is 6.01 Å². The lowest BCUT2D eigenvalue weighted by Crippen LogP contribution is -2.51. The zero-order valence-electron chi connectivity index (χ0n) is 23.0. The first-order chi connectivity index (χ1) is 20.4. The van der Waals surface area contributed by atoms with E-state index >= 15 is 0 Å². The molecular weight excluding hydrogens is 578 g/mol. The van der Waals surface area contributed by atoms with E-state index in [-0.39, 0.29) is 16.3 Å². The number of aromatic hydroxyl groups is 1. The van der Waals surface area contributed by atoms with Crippen molar-refractivity contribution in [3.8, 4) is 23.0 Å². The fraction of sp³-hybridized carbons (Fsp3) is 0.452. The van der Waals surface area contributed by atoms with Gasteiger partial charge in [0.2, 0.25) is 0 Å². The van der Waals surface area contributed by atoms with E-state index in [0.717, 1.165) is 63.1 Å². The van der Waals surface area contributed by atoms with Crippen LogP contribution in [0.3, 0.4) is 0 Å². The van der Waals surface area contributed by atoms with E-state index in [1.165, 1.54) is 25.0 Å². The van der Waals surface area contributed by atoms with Gasteiger partial charge in [0.15, 0.2) is 5.65 Å². The number of phenols is 1. The maximum atomic E-state index is 14.6. The average molecular weight is 610 g/mol. The second kappa shape index (κ2) is 10.0. The van der Waals surface area contributed by atoms with Crippen molar-refractivity contribution < 1.29 is 14.2 Å². The quantitative estimate of drug-likeness (QED) is 0.288. The Balaban J connectivity index is 1.27. The highest BCUT2D eigenvalue weighted by Gasteiger charge is 2.45. The van der Waals surface area contributed by atoms with Crippen molar-refractivity contribution >= 4 is 50.8 Å². The van der Waals surface area contributed by atoms with E-state index in [1.807, 2.05) is 6.07 Å². The molecule has 0 amide bonds. The molecular formula is C31H31Cl2FN6O2. The number of hydrogen-bond acceptors (Lipinski definition) is 8. The van der Waals surface area contributed by atoms with E-state index in [0.29, 0.717) is 57.4 Å². The summed E-state index contributed by atoms with van der Waals surface area (Å²) in [5.41, 5.74) is 1.25. The molecule has 0 aliphatic carbocycles. The van der Waals surface area contributed by atoms with Gasteiger partial charge in [-0.25, -0.2) is 9.37 Å². The van der Waals surface area contributed by atoms with Crippen LogP contribution in [0.4, 0.5) is 10.2 Å². The van der Waals surface area contributed by atoms with Gasteiger partial charge in [-0.05, 0) is 81.3 Å². The SMILES string of the molecule is Oc1cc(-c2nc3nc(OCC45CCCN4CCC5)nc(N4CC5CCC(C4)N5)c3cc2Cl)c2c(Cl)c(F)ccc2c1. The summed E-state index contributed by atoms with van der Waals surface area (Å²) in [5, 5.41) is 16.2. The molecule has 4 aliphatic heterocycles. The van der Waals surface area contributed by atoms with Gasteiger partial charge in [-0.15, -0.1) is 0 Å². The highest BCUT2D eigenvalue weighted by molar-refractivity contribution is 6.38. The number of halogens is 3. The van der Waals surface area contributed by atoms with Gasteiger partial charge in [0.25, 0.3) is 0 Å². The molecule has 2 N–H and O–H groups in total. The van der Waals surface area contributed by atoms with Crippen LogP contribution in [0, 0.1) is 5.82 Å². The third-order valence-corrected chi connectivity index (χ3v) is 10.3. The van der Waals surface area contributed by atoms with Crippen LogP contribution in [0.5, 0.6) is 11.8 Å². The number of phenolic OH excluding ortho intramolecular Hbond substituents is 1. The van der Waals surface area contributed by atoms with E-state index in [1.54, 1.807) is 12.1 Å². The fourth-order valence-corrected chi connectivity index (χ4v) is 8.21. The van der Waals surface area contributed by atoms with Gasteiger partial charge in [-0.3, -0.25) is 4.90 Å². The Labute approximate surface area is 252 Å². The van der Waals surface area contributed by atoms with Crippen LogP contribution in [0.1, 0.15) is 38.5 Å². The van der Waals surface area contributed by atoms with Crippen LogP contribution in [-0.2, 0) is 0 Å². The molecule has 2 unspecified atom stereocenters. The zero-order chi connectivity index (χ0) is 28.6. The molecule has 4 aliphatic rings. The summed E-state index contributed by atoms with van der Waals surface area (Å²) in [4.78, 5) is 19.5. The topological polar surface area (TPSA) is 86.6 Å². The molecule has 2 atom stereocenters. The Kier molecular flexibility index (Phi) is 6.37. The molecule has 8 rings (SSSR count). The number of piperazine rings is 1. The number of pyridine rings is 1. The standard InChI is InChI=1S/C31H31Cl2FN6O2/c32-23-13-22-28(36-27(23)21-12-20(41)11-17-3-6-24(34)26(33)25(17)21)37-30(42-16-31-7-1-9-40(31)10-2-8-31)38-29(22)39-14-18-4-5-19(15-39)35-18/h3,6,11-13,18-19,35,41H,1-2,4-5,7-10,14-16H2. The van der Waals surface area contributed by atoms with Crippen LogP contribution in [0.15, 0.2) is 30.3 Å². The van der Waals surface area contributed by atoms with Crippen LogP contribution in [0.25, 0.3) is 33.1 Å². The fourth-order valence-electron chi connectivity index (χ4n) is 7.69. The first kappa shape index (κ1) is 26.6. The minimum atomic E-state index is -0.561. The van der Waals surface area contributed by atoms with E-state index in [9.17, 15) is 9.50 Å². The molecule has 2 aromatic carbocycles. The molecule has 218 valence electrons. The third-order valence-electron chi connectivity index (χ3n) is 9.64. The lowest BCUT2D eigenvalue weighted by molar-refractivity contribution is 0.108. The Morgan fingerprint density at radius 3 is 2.55 bits per heavy atom. The van der Waals surface area contributed by atoms with Crippen molar-refractivity contribution in [1.29, 1.82) is 0 Å². The summed E-state index contributed by atoms with van der Waals surface area (Å²) < 4.78 is 21.0. The van der Waals surface area contributed by atoms with E-state index in [2.05, 4.69) is 15.1 Å². The molecule has 4 saturated heterocycles. The number of nitrogens with zero attached hydrogens (tertiary/aromatic N) is 5. The van der Waals surface area contributed by atoms with Crippen molar-refractivity contribution in [3.05, 3.63) is 46.2 Å². The molecule has 42 heavy (non-hydrogen) atoms. The predicted molar refractivity (Wildman–Crippen MR) is 162 cm³/mol. The van der Waals surface area contributed by atoms with Gasteiger partial charge < -0.3 is 20.1 Å². The first-order valence-corrected chi connectivity index (χ1v) is 15.5. The summed E-state index contributed by atoms with van der Waals surface area (Å²) in [6, 6.07) is 8.83. The number of hydrogen-bond donors (Lipinski definition) is 2. The highest BCUT2D eigenvalue weighted by Crippen LogP contribution is 2.43. The Bertz CT molecular complexity index is 1720. The van der Waals surface area contributed by atoms with Gasteiger partial charge in [-0.1, -0.05) is 29.3 Å². The largest absolute Gasteiger partial charge is 0.508 e. The molecule has 4 aromatic rings. The van der Waals surface area contributed by atoms with E-state index in [4.69, 9.17) is 42.9 Å². The van der Waals surface area contributed by atoms with E-state index < -0.39 is 5.82 Å². The van der Waals surface area contributed by atoms with Crippen molar-refractivity contribution in [2.45, 2.75) is 56.1 Å². The molecule has 4 fully saturated rings. The van der Waals surface area contributed by atoms with Crippen LogP contribution >= 0.6 is 23.2 Å². The summed E-state index contributed by atoms with van der Waals surface area (Å²) >= 11 is 13.4. The second-order valence-electron chi connectivity index (χ2n) is 12.2. The Morgan fingerprint density at radius 2 is 1.79 bits per heavy atom. The summed E-state index contributed by atoms with van der Waals surface area (Å²) in [7, 11) is 0. The molecule has 6 heterocycles. The number of rotatable bonds is 5. The van der Waals surface area contributed by atoms with Crippen LogP contribution < -0.4 is 15.0 Å². The van der Waals surface area contributed by atoms with Gasteiger partial charge in [0.05, 0.1) is 26.7 Å². The average Bonchev–Trinajstić information content (AvgIpc) is 3.66. The number of anilines is 1. The molecule has 2 bridgehead atoms. The highest BCUT2D eigenvalue weighted by atomic mass is 35.5. The number of aromatic nitrogens is 3. The Morgan fingerprint density at radius 1 is 1.02 bits per heavy atom. The Hall–Kier alpha value is -2.98. The summed E-state index contributed by atoms with van der Waals surface area (Å²) in [6.45, 7) is 4.41. The second-order valence-corrected chi connectivity index (χ2v) is 13.0. The lowest BCUT2D eigenvalue weighted by atomic mass is 9.95. The maximum absolute atomic E-state index is 14.6. The minimum Gasteiger partial charge on any atom is -0.508 e. The van der Waals surface area contributed by atoms with Crippen molar-refractivity contribution in [3.63, 3.8) is 0 Å². The zero-order valence-corrected chi connectivity index (χ0v) is 24.6. The third kappa shape index (κ3) is 4.35. The number of ether oxygens (including phenoxy) is 1.